The molecule has 4 aromatic heterocycles. The first-order chi connectivity index (χ1) is 12.5. The van der Waals surface area contributed by atoms with Crippen LogP contribution in [0.4, 0.5) is 5.82 Å². The molecule has 0 fully saturated rings. The van der Waals surface area contributed by atoms with Crippen molar-refractivity contribution in [3.8, 4) is 5.95 Å². The molecule has 0 saturated carbocycles. The Morgan fingerprint density at radius 2 is 2.12 bits per heavy atom. The number of fused-ring (bicyclic) bond motifs is 1. The second-order valence-corrected chi connectivity index (χ2v) is 5.52. The Hall–Kier alpha value is -3.89. The van der Waals surface area contributed by atoms with Crippen LogP contribution in [0.15, 0.2) is 35.6 Å². The van der Waals surface area contributed by atoms with E-state index in [4.69, 9.17) is 0 Å². The van der Waals surface area contributed by atoms with Gasteiger partial charge in [-0.3, -0.25) is 24.2 Å². The van der Waals surface area contributed by atoms with Gasteiger partial charge in [0, 0.05) is 25.5 Å². The molecule has 0 saturated heterocycles. The molecule has 0 bridgehead atoms. The lowest BCUT2D eigenvalue weighted by atomic mass is 10.4. The molecule has 2 N–H and O–H groups in total. The van der Waals surface area contributed by atoms with E-state index in [0.717, 1.165) is 0 Å². The van der Waals surface area contributed by atoms with Gasteiger partial charge in [0.15, 0.2) is 5.65 Å². The van der Waals surface area contributed by atoms with Gasteiger partial charge in [0.05, 0.1) is 18.1 Å². The maximum atomic E-state index is 12.3. The molecule has 4 rings (SSSR count). The van der Waals surface area contributed by atoms with Crippen molar-refractivity contribution in [2.75, 3.05) is 5.32 Å². The van der Waals surface area contributed by atoms with Crippen molar-refractivity contribution in [3.05, 3.63) is 52.6 Å². The average molecular weight is 351 g/mol. The van der Waals surface area contributed by atoms with Gasteiger partial charge in [-0.25, -0.2) is 4.98 Å². The number of hydrogen-bond acceptors (Lipinski definition) is 7. The maximum Gasteiger partial charge on any atom is 0.277 e. The largest absolute Gasteiger partial charge is 0.305 e. The average Bonchev–Trinajstić information content (AvgIpc) is 3.19. The minimum absolute atomic E-state index is 0.154. The first-order valence-electron chi connectivity index (χ1n) is 7.59. The summed E-state index contributed by atoms with van der Waals surface area (Å²) in [6, 6.07) is 1.65. The summed E-state index contributed by atoms with van der Waals surface area (Å²) in [5, 5.41) is 11.4. The van der Waals surface area contributed by atoms with E-state index >= 15 is 0 Å². The fourth-order valence-corrected chi connectivity index (χ4v) is 2.47. The number of aromatic nitrogens is 8. The molecular weight excluding hydrogens is 338 g/mol. The number of hydrogen-bond donors (Lipinski definition) is 2. The predicted molar refractivity (Wildman–Crippen MR) is 91.0 cm³/mol. The summed E-state index contributed by atoms with van der Waals surface area (Å²) in [7, 11) is 1.68. The molecule has 11 nitrogen and oxygen atoms in total. The van der Waals surface area contributed by atoms with Crippen LogP contribution in [0, 0.1) is 6.92 Å². The third-order valence-electron chi connectivity index (χ3n) is 3.66. The number of amides is 1. The molecule has 11 heteroatoms. The van der Waals surface area contributed by atoms with Gasteiger partial charge < -0.3 is 5.32 Å². The molecule has 0 spiro atoms. The second-order valence-electron chi connectivity index (χ2n) is 5.52. The summed E-state index contributed by atoms with van der Waals surface area (Å²) in [5.41, 5.74) is 0.842. The summed E-state index contributed by atoms with van der Waals surface area (Å²) >= 11 is 0. The maximum absolute atomic E-state index is 12.3. The topological polar surface area (TPSA) is 136 Å². The monoisotopic (exact) mass is 351 g/mol. The number of nitrogens with one attached hydrogen (secondary N) is 2. The van der Waals surface area contributed by atoms with Crippen molar-refractivity contribution < 1.29 is 4.79 Å². The zero-order chi connectivity index (χ0) is 18.3. The van der Waals surface area contributed by atoms with Gasteiger partial charge in [-0.1, -0.05) is 0 Å². The summed E-state index contributed by atoms with van der Waals surface area (Å²) < 4.78 is 2.83. The Balaban J connectivity index is 1.78. The molecular formula is C15H13N9O2. The van der Waals surface area contributed by atoms with E-state index in [0.29, 0.717) is 22.5 Å². The van der Waals surface area contributed by atoms with Gasteiger partial charge in [0.2, 0.25) is 5.95 Å². The lowest BCUT2D eigenvalue weighted by molar-refractivity contribution is 0.102. The molecule has 1 amide bonds. The number of anilines is 1. The SMILES string of the molecule is Cc1cc(NC(=O)c2cnccn2)n(-c2nc3c(cnn3C)c(=O)[nH]2)n1. The van der Waals surface area contributed by atoms with Crippen molar-refractivity contribution in [1.29, 1.82) is 0 Å². The van der Waals surface area contributed by atoms with Crippen LogP contribution in [-0.2, 0) is 7.05 Å². The predicted octanol–water partition coefficient (Wildman–Crippen LogP) is 0.193. The van der Waals surface area contributed by atoms with Gasteiger partial charge in [0.1, 0.15) is 16.9 Å². The molecule has 0 radical (unpaired) electrons. The molecule has 26 heavy (non-hydrogen) atoms. The molecule has 0 unspecified atom stereocenters. The second kappa shape index (κ2) is 5.88. The number of aryl methyl sites for hydroxylation is 2. The molecule has 0 aliphatic carbocycles. The van der Waals surface area contributed by atoms with Crippen molar-refractivity contribution >= 4 is 22.8 Å². The quantitative estimate of drug-likeness (QED) is 0.538. The van der Waals surface area contributed by atoms with E-state index in [-0.39, 0.29) is 17.2 Å². The highest BCUT2D eigenvalue weighted by Gasteiger charge is 2.16. The molecule has 0 aliphatic heterocycles. The highest BCUT2D eigenvalue weighted by molar-refractivity contribution is 6.02. The van der Waals surface area contributed by atoms with E-state index in [1.165, 1.54) is 34.2 Å². The Labute approximate surface area is 145 Å². The summed E-state index contributed by atoms with van der Waals surface area (Å²) in [6.07, 6.45) is 5.69. The van der Waals surface area contributed by atoms with Crippen LogP contribution >= 0.6 is 0 Å². The van der Waals surface area contributed by atoms with Crippen LogP contribution in [-0.4, -0.2) is 45.4 Å². The van der Waals surface area contributed by atoms with E-state index in [1.807, 2.05) is 0 Å². The minimum Gasteiger partial charge on any atom is -0.305 e. The fourth-order valence-electron chi connectivity index (χ4n) is 2.47. The number of aromatic amines is 1. The Morgan fingerprint density at radius 1 is 1.27 bits per heavy atom. The van der Waals surface area contributed by atoms with Crippen molar-refractivity contribution in [3.63, 3.8) is 0 Å². The van der Waals surface area contributed by atoms with Crippen LogP contribution < -0.4 is 10.9 Å². The zero-order valence-corrected chi connectivity index (χ0v) is 13.8. The Morgan fingerprint density at radius 3 is 2.88 bits per heavy atom. The number of carbonyl (C=O) groups is 1. The smallest absolute Gasteiger partial charge is 0.277 e. The summed E-state index contributed by atoms with van der Waals surface area (Å²) in [4.78, 5) is 39.4. The molecule has 0 aliphatic rings. The fraction of sp³-hybridized carbons (Fsp3) is 0.133. The zero-order valence-electron chi connectivity index (χ0n) is 13.8. The third kappa shape index (κ3) is 2.60. The molecule has 4 aromatic rings. The van der Waals surface area contributed by atoms with Gasteiger partial charge in [-0.15, -0.1) is 0 Å². The number of rotatable bonds is 3. The highest BCUT2D eigenvalue weighted by Crippen LogP contribution is 2.16. The standard InChI is InChI=1S/C15H13N9O2/c1-8-5-11(19-14(26)10-7-16-3-4-17-10)24(22-8)15-20-12-9(13(25)21-15)6-18-23(12)2/h3-7H,1-2H3,(H,19,26)(H,20,21,25). The first-order valence-corrected chi connectivity index (χ1v) is 7.59. The summed E-state index contributed by atoms with van der Waals surface area (Å²) in [5.74, 6) is 0.0414. The molecule has 0 atom stereocenters. The summed E-state index contributed by atoms with van der Waals surface area (Å²) in [6.45, 7) is 1.76. The first kappa shape index (κ1) is 15.6. The van der Waals surface area contributed by atoms with Crippen LogP contribution in [0.5, 0.6) is 0 Å². The normalized spacial score (nSPS) is 11.0. The lowest BCUT2D eigenvalue weighted by Gasteiger charge is -2.07. The van der Waals surface area contributed by atoms with Gasteiger partial charge in [-0.05, 0) is 6.92 Å². The van der Waals surface area contributed by atoms with Crippen LogP contribution in [0.3, 0.4) is 0 Å². The van der Waals surface area contributed by atoms with Crippen LogP contribution in [0.1, 0.15) is 16.2 Å². The van der Waals surface area contributed by atoms with Crippen molar-refractivity contribution in [1.82, 2.24) is 39.5 Å². The Kier molecular flexibility index (Phi) is 3.53. The van der Waals surface area contributed by atoms with E-state index in [2.05, 4.69) is 35.5 Å². The molecule has 4 heterocycles. The van der Waals surface area contributed by atoms with E-state index in [9.17, 15) is 9.59 Å². The van der Waals surface area contributed by atoms with E-state index < -0.39 is 5.91 Å². The van der Waals surface area contributed by atoms with Gasteiger partial charge in [0.25, 0.3) is 11.5 Å². The van der Waals surface area contributed by atoms with Gasteiger partial charge >= 0.3 is 0 Å². The Bertz CT molecular complexity index is 1170. The lowest BCUT2D eigenvalue weighted by Crippen LogP contribution is -2.19. The molecule has 0 aromatic carbocycles. The van der Waals surface area contributed by atoms with Crippen molar-refractivity contribution in [2.45, 2.75) is 6.92 Å². The minimum atomic E-state index is -0.455. The number of carbonyl (C=O) groups excluding carboxylic acids is 1. The number of H-pyrrole nitrogens is 1. The van der Waals surface area contributed by atoms with E-state index in [1.54, 1.807) is 20.0 Å². The number of nitrogens with zero attached hydrogens (tertiary/aromatic N) is 7. The van der Waals surface area contributed by atoms with Gasteiger partial charge in [-0.2, -0.15) is 19.9 Å². The van der Waals surface area contributed by atoms with Crippen LogP contribution in [0.25, 0.3) is 17.0 Å². The van der Waals surface area contributed by atoms with Crippen LogP contribution in [0.2, 0.25) is 0 Å². The molecule has 130 valence electrons. The van der Waals surface area contributed by atoms with Crippen molar-refractivity contribution in [2.24, 2.45) is 7.05 Å². The third-order valence-corrected chi connectivity index (χ3v) is 3.66. The highest BCUT2D eigenvalue weighted by atomic mass is 16.2.